The molecule has 0 radical (unpaired) electrons. The monoisotopic (exact) mass is 428 g/mol. The summed E-state index contributed by atoms with van der Waals surface area (Å²) in [7, 11) is 0. The van der Waals surface area contributed by atoms with Crippen LogP contribution in [0.2, 0.25) is 0 Å². The number of unbranched alkanes of at least 4 members (excludes halogenated alkanes) is 6. The van der Waals surface area contributed by atoms with E-state index in [4.69, 9.17) is 14.2 Å². The predicted octanol–water partition coefficient (Wildman–Crippen LogP) is 4.53. The number of hydrogen-bond acceptors (Lipinski definition) is 4. The van der Waals surface area contributed by atoms with Gasteiger partial charge in [-0.3, -0.25) is 4.79 Å². The zero-order chi connectivity index (χ0) is 16.3. The van der Waals surface area contributed by atoms with Crippen LogP contribution in [0.5, 0.6) is 0 Å². The number of carbonyl (C=O) groups is 1. The molecule has 22 heavy (non-hydrogen) atoms. The van der Waals surface area contributed by atoms with Crippen molar-refractivity contribution in [3.8, 4) is 0 Å². The van der Waals surface area contributed by atoms with Crippen LogP contribution in [0.15, 0.2) is 0 Å². The first-order chi connectivity index (χ1) is 10.8. The van der Waals surface area contributed by atoms with Gasteiger partial charge in [-0.2, -0.15) is 0 Å². The lowest BCUT2D eigenvalue weighted by molar-refractivity contribution is -0.145. The molecule has 0 heterocycles. The summed E-state index contributed by atoms with van der Waals surface area (Å²) in [6.45, 7) is 4.98. The van der Waals surface area contributed by atoms with Gasteiger partial charge in [-0.05, 0) is 23.7 Å². The minimum Gasteiger partial charge on any atom is -0.463 e. The van der Waals surface area contributed by atoms with Crippen molar-refractivity contribution in [1.29, 1.82) is 0 Å². The van der Waals surface area contributed by atoms with E-state index in [-0.39, 0.29) is 5.97 Å². The third-order valence-electron chi connectivity index (χ3n) is 3.27. The van der Waals surface area contributed by atoms with Crippen molar-refractivity contribution in [1.82, 2.24) is 0 Å². The van der Waals surface area contributed by atoms with Crippen molar-refractivity contribution >= 4 is 28.6 Å². The molecular weight excluding hydrogens is 395 g/mol. The molecule has 0 amide bonds. The molecule has 0 bridgehead atoms. The van der Waals surface area contributed by atoms with Crippen molar-refractivity contribution < 1.29 is 19.0 Å². The summed E-state index contributed by atoms with van der Waals surface area (Å²) in [6.07, 6.45) is 9.92. The minimum absolute atomic E-state index is 0.109. The van der Waals surface area contributed by atoms with Crippen LogP contribution in [-0.4, -0.2) is 43.4 Å². The number of esters is 1. The highest BCUT2D eigenvalue weighted by Gasteiger charge is 2.02. The van der Waals surface area contributed by atoms with Crippen LogP contribution in [0.3, 0.4) is 0 Å². The number of halogens is 1. The van der Waals surface area contributed by atoms with Gasteiger partial charge in [-0.25, -0.2) is 0 Å². The third kappa shape index (κ3) is 18.2. The Kier molecular flexibility index (Phi) is 19.3. The van der Waals surface area contributed by atoms with E-state index >= 15 is 0 Å². The molecule has 0 aliphatic carbocycles. The Labute approximate surface area is 149 Å². The summed E-state index contributed by atoms with van der Waals surface area (Å²) in [5.74, 6) is -0.109. The van der Waals surface area contributed by atoms with Crippen LogP contribution < -0.4 is 0 Å². The molecule has 0 N–H and O–H groups in total. The SMILES string of the molecule is CCCCCCC(=O)OCCOCCOCCCCCCI. The van der Waals surface area contributed by atoms with E-state index in [1.165, 1.54) is 36.5 Å². The second-order valence-electron chi connectivity index (χ2n) is 5.36. The highest BCUT2D eigenvalue weighted by atomic mass is 127. The van der Waals surface area contributed by atoms with Gasteiger partial charge in [-0.15, -0.1) is 0 Å². The van der Waals surface area contributed by atoms with E-state index in [0.717, 1.165) is 25.9 Å². The lowest BCUT2D eigenvalue weighted by Gasteiger charge is -2.07. The van der Waals surface area contributed by atoms with Gasteiger partial charge in [0.1, 0.15) is 6.61 Å². The number of carbonyl (C=O) groups excluding carboxylic acids is 1. The van der Waals surface area contributed by atoms with Gasteiger partial charge in [0.2, 0.25) is 0 Å². The van der Waals surface area contributed by atoms with Crippen molar-refractivity contribution in [3.05, 3.63) is 0 Å². The molecular formula is C17H33IO4. The van der Waals surface area contributed by atoms with Gasteiger partial charge in [0.25, 0.3) is 0 Å². The molecule has 0 saturated carbocycles. The summed E-state index contributed by atoms with van der Waals surface area (Å²) in [5, 5.41) is 0. The zero-order valence-corrected chi connectivity index (χ0v) is 16.3. The Hall–Kier alpha value is 0.120. The maximum absolute atomic E-state index is 11.4. The van der Waals surface area contributed by atoms with Crippen molar-refractivity contribution in [2.45, 2.75) is 64.7 Å². The van der Waals surface area contributed by atoms with Crippen LogP contribution in [0, 0.1) is 0 Å². The molecule has 0 saturated heterocycles. The minimum atomic E-state index is -0.109. The van der Waals surface area contributed by atoms with E-state index in [2.05, 4.69) is 29.5 Å². The molecule has 0 unspecified atom stereocenters. The van der Waals surface area contributed by atoms with Gasteiger partial charge in [0.05, 0.1) is 19.8 Å². The molecule has 0 aromatic rings. The Balaban J connectivity index is 3.08. The standard InChI is InChI=1S/C17H33IO4/c1-2-3-4-7-10-17(19)22-16-15-21-14-13-20-12-9-6-5-8-11-18/h2-16H2,1H3. The molecule has 0 fully saturated rings. The number of alkyl halides is 1. The molecule has 0 aromatic carbocycles. The first-order valence-electron chi connectivity index (χ1n) is 8.68. The van der Waals surface area contributed by atoms with Gasteiger partial charge >= 0.3 is 5.97 Å². The Morgan fingerprint density at radius 3 is 2.14 bits per heavy atom. The average molecular weight is 428 g/mol. The third-order valence-corrected chi connectivity index (χ3v) is 4.03. The molecule has 4 nitrogen and oxygen atoms in total. The maximum atomic E-state index is 11.4. The largest absolute Gasteiger partial charge is 0.463 e. The smallest absolute Gasteiger partial charge is 0.305 e. The molecule has 5 heteroatoms. The van der Waals surface area contributed by atoms with Crippen LogP contribution in [0.1, 0.15) is 64.7 Å². The van der Waals surface area contributed by atoms with E-state index in [1.54, 1.807) is 0 Å². The molecule has 0 spiro atoms. The second-order valence-corrected chi connectivity index (χ2v) is 6.44. The quantitative estimate of drug-likeness (QED) is 0.148. The molecule has 0 aliphatic rings. The fraction of sp³-hybridized carbons (Fsp3) is 0.941. The molecule has 0 aliphatic heterocycles. The van der Waals surface area contributed by atoms with Crippen LogP contribution in [-0.2, 0) is 19.0 Å². The zero-order valence-electron chi connectivity index (χ0n) is 14.1. The van der Waals surface area contributed by atoms with E-state index in [9.17, 15) is 4.79 Å². The van der Waals surface area contributed by atoms with Gasteiger partial charge < -0.3 is 14.2 Å². The normalized spacial score (nSPS) is 10.8. The van der Waals surface area contributed by atoms with Crippen LogP contribution >= 0.6 is 22.6 Å². The summed E-state index contributed by atoms with van der Waals surface area (Å²) in [5.41, 5.74) is 0. The van der Waals surface area contributed by atoms with Crippen LogP contribution in [0.25, 0.3) is 0 Å². The molecule has 0 aromatic heterocycles. The topological polar surface area (TPSA) is 44.8 Å². The fourth-order valence-corrected chi connectivity index (χ4v) is 2.50. The Morgan fingerprint density at radius 1 is 0.773 bits per heavy atom. The Morgan fingerprint density at radius 2 is 1.41 bits per heavy atom. The number of hydrogen-bond donors (Lipinski definition) is 0. The van der Waals surface area contributed by atoms with Gasteiger partial charge in [0.15, 0.2) is 0 Å². The second kappa shape index (κ2) is 19.2. The highest BCUT2D eigenvalue weighted by Crippen LogP contribution is 2.03. The Bertz CT molecular complexity index is 237. The highest BCUT2D eigenvalue weighted by molar-refractivity contribution is 14.1. The van der Waals surface area contributed by atoms with Crippen molar-refractivity contribution in [3.63, 3.8) is 0 Å². The predicted molar refractivity (Wildman–Crippen MR) is 98.7 cm³/mol. The molecule has 132 valence electrons. The fourth-order valence-electron chi connectivity index (χ4n) is 1.96. The maximum Gasteiger partial charge on any atom is 0.305 e. The van der Waals surface area contributed by atoms with Gasteiger partial charge in [-0.1, -0.05) is 61.6 Å². The van der Waals surface area contributed by atoms with E-state index < -0.39 is 0 Å². The van der Waals surface area contributed by atoms with Gasteiger partial charge in [0, 0.05) is 13.0 Å². The molecule has 0 atom stereocenters. The summed E-state index contributed by atoms with van der Waals surface area (Å²) in [4.78, 5) is 11.4. The summed E-state index contributed by atoms with van der Waals surface area (Å²) >= 11 is 2.41. The first-order valence-corrected chi connectivity index (χ1v) is 10.2. The number of rotatable bonds is 17. The molecule has 0 rings (SSSR count). The summed E-state index contributed by atoms with van der Waals surface area (Å²) in [6, 6.07) is 0. The van der Waals surface area contributed by atoms with Crippen LogP contribution in [0.4, 0.5) is 0 Å². The van der Waals surface area contributed by atoms with E-state index in [1.807, 2.05) is 0 Å². The van der Waals surface area contributed by atoms with Crippen molar-refractivity contribution in [2.24, 2.45) is 0 Å². The summed E-state index contributed by atoms with van der Waals surface area (Å²) < 4.78 is 17.2. The number of ether oxygens (including phenoxy) is 3. The lowest BCUT2D eigenvalue weighted by atomic mass is 10.2. The first kappa shape index (κ1) is 22.1. The van der Waals surface area contributed by atoms with Crippen molar-refractivity contribution in [2.75, 3.05) is 37.5 Å². The lowest BCUT2D eigenvalue weighted by Crippen LogP contribution is -2.13. The average Bonchev–Trinajstić information content (AvgIpc) is 2.52. The van der Waals surface area contributed by atoms with E-state index in [0.29, 0.717) is 32.8 Å².